The van der Waals surface area contributed by atoms with E-state index < -0.39 is 17.7 Å². The quantitative estimate of drug-likeness (QED) is 0.0447. The van der Waals surface area contributed by atoms with Crippen LogP contribution in [0.5, 0.6) is 11.5 Å². The maximum atomic E-state index is 13.7. The average molecular weight is 836 g/mol. The number of ether oxygens (including phenoxy) is 1. The second-order valence-electron chi connectivity index (χ2n) is 14.2. The van der Waals surface area contributed by atoms with Crippen molar-refractivity contribution in [2.45, 2.75) is 66.7 Å². The molecule has 0 aliphatic heterocycles. The number of aromatic nitrogens is 8. The molecule has 0 saturated carbocycles. The number of benzene rings is 2. The highest BCUT2D eigenvalue weighted by molar-refractivity contribution is 6.05. The van der Waals surface area contributed by atoms with E-state index in [0.717, 1.165) is 0 Å². The summed E-state index contributed by atoms with van der Waals surface area (Å²) < 4.78 is 12.7. The third kappa shape index (κ3) is 9.43. The van der Waals surface area contributed by atoms with Gasteiger partial charge < -0.3 is 35.3 Å². The molecule has 20 heteroatoms. The smallest absolute Gasteiger partial charge is 0.276 e. The van der Waals surface area contributed by atoms with Gasteiger partial charge in [0.1, 0.15) is 40.2 Å². The first-order valence-electron chi connectivity index (χ1n) is 19.7. The fourth-order valence-corrected chi connectivity index (χ4v) is 6.92. The molecule has 320 valence electrons. The minimum absolute atomic E-state index is 0.0318. The predicted molar refractivity (Wildman–Crippen MR) is 227 cm³/mol. The van der Waals surface area contributed by atoms with Crippen LogP contribution in [0.3, 0.4) is 0 Å². The Morgan fingerprint density at radius 1 is 0.836 bits per heavy atom. The lowest BCUT2D eigenvalue weighted by Gasteiger charge is -2.17. The summed E-state index contributed by atoms with van der Waals surface area (Å²) in [5.74, 6) is -1.50. The highest BCUT2D eigenvalue weighted by Gasteiger charge is 2.23. The van der Waals surface area contributed by atoms with Crippen molar-refractivity contribution in [1.29, 1.82) is 0 Å². The Bertz CT molecular complexity index is 2670. The molecular formula is C41H49N13O7. The molecule has 61 heavy (non-hydrogen) atoms. The van der Waals surface area contributed by atoms with Gasteiger partial charge in [-0.15, -0.1) is 0 Å². The summed E-state index contributed by atoms with van der Waals surface area (Å²) in [5, 5.41) is 25.6. The van der Waals surface area contributed by atoms with Crippen molar-refractivity contribution in [2.75, 3.05) is 37.4 Å². The summed E-state index contributed by atoms with van der Waals surface area (Å²) in [5.41, 5.74) is 14.7. The van der Waals surface area contributed by atoms with Crippen molar-refractivity contribution in [3.05, 3.63) is 82.5 Å². The monoisotopic (exact) mass is 835 g/mol. The maximum absolute atomic E-state index is 13.7. The molecule has 20 nitrogen and oxygen atoms in total. The van der Waals surface area contributed by atoms with Crippen molar-refractivity contribution < 1.29 is 33.8 Å². The highest BCUT2D eigenvalue weighted by Crippen LogP contribution is 2.32. The zero-order chi connectivity index (χ0) is 44.0. The predicted octanol–water partition coefficient (Wildman–Crippen LogP) is 3.39. The Morgan fingerprint density at radius 2 is 1.39 bits per heavy atom. The number of anilines is 2. The Labute approximate surface area is 350 Å². The summed E-state index contributed by atoms with van der Waals surface area (Å²) in [6.07, 6.45) is 4.93. The maximum Gasteiger partial charge on any atom is 0.276 e. The molecule has 0 saturated heterocycles. The number of hydrogen-bond acceptors (Lipinski definition) is 12. The Balaban J connectivity index is 1.36. The molecule has 0 unspecified atom stereocenters. The molecular weight excluding hydrogens is 787 g/mol. The van der Waals surface area contributed by atoms with Crippen molar-refractivity contribution in [2.24, 2.45) is 11.5 Å². The van der Waals surface area contributed by atoms with Gasteiger partial charge in [0.2, 0.25) is 23.7 Å². The lowest BCUT2D eigenvalue weighted by atomic mass is 10.1. The second kappa shape index (κ2) is 18.7. The van der Waals surface area contributed by atoms with Crippen LogP contribution in [-0.2, 0) is 31.0 Å². The third-order valence-corrected chi connectivity index (χ3v) is 9.81. The van der Waals surface area contributed by atoms with E-state index in [1.165, 1.54) is 12.1 Å². The summed E-state index contributed by atoms with van der Waals surface area (Å²) >= 11 is 0. The topological polar surface area (TPSA) is 265 Å². The van der Waals surface area contributed by atoms with Gasteiger partial charge in [-0.1, -0.05) is 12.2 Å². The molecule has 0 bridgehead atoms. The number of carbonyl (C=O) groups excluding carboxylic acids is 5. The first kappa shape index (κ1) is 43.2. The van der Waals surface area contributed by atoms with E-state index in [-0.39, 0.29) is 72.8 Å². The van der Waals surface area contributed by atoms with Crippen LogP contribution in [0.1, 0.15) is 79.8 Å². The molecule has 0 atom stereocenters. The molecule has 6 aromatic rings. The number of primary amides is 1. The van der Waals surface area contributed by atoms with Gasteiger partial charge in [-0.25, -0.2) is 9.97 Å². The fourth-order valence-electron chi connectivity index (χ4n) is 6.92. The van der Waals surface area contributed by atoms with Crippen molar-refractivity contribution in [3.63, 3.8) is 0 Å². The molecule has 0 spiro atoms. The number of aryl methyl sites for hydroxylation is 4. The van der Waals surface area contributed by atoms with Gasteiger partial charge in [-0.3, -0.25) is 44.0 Å². The third-order valence-electron chi connectivity index (χ3n) is 9.81. The van der Waals surface area contributed by atoms with Crippen LogP contribution < -0.4 is 26.8 Å². The standard InChI is InChI=1S/C41H49N13O7/c1-6-53-30(17-24(3)48-53)38(59)46-40-45-29-21-27(37(43)58)22-32(56)35(29)51(40)14-8-9-15-52-36-28(44-41(52)47-39(60)31-18-25(4)49-54(31)7-2)19-26(23-55)20-33(36)61-16-10-13-50(5)34(57)11-12-42/h8-9,17-23,56H,6-7,10-16,42H2,1-5H3,(H2,43,58)(H,44,47,60)(H,45,46,59)/b9-8+. The number of nitrogens with zero attached hydrogens (tertiary/aromatic N) is 9. The van der Waals surface area contributed by atoms with E-state index in [9.17, 15) is 29.1 Å². The number of aromatic hydroxyl groups is 1. The van der Waals surface area contributed by atoms with Crippen LogP contribution in [0.2, 0.25) is 0 Å². The zero-order valence-electron chi connectivity index (χ0n) is 34.6. The Kier molecular flexibility index (Phi) is 13.3. The molecule has 2 aromatic carbocycles. The van der Waals surface area contributed by atoms with Gasteiger partial charge in [-0.05, 0) is 70.5 Å². The largest absolute Gasteiger partial charge is 0.506 e. The van der Waals surface area contributed by atoms with Gasteiger partial charge in [0.15, 0.2) is 0 Å². The van der Waals surface area contributed by atoms with Crippen LogP contribution in [-0.4, -0.2) is 105 Å². The molecule has 0 aliphatic rings. The lowest BCUT2D eigenvalue weighted by molar-refractivity contribution is -0.129. The van der Waals surface area contributed by atoms with Gasteiger partial charge >= 0.3 is 0 Å². The number of phenols is 1. The van der Waals surface area contributed by atoms with Gasteiger partial charge in [0, 0.05) is 63.9 Å². The van der Waals surface area contributed by atoms with Crippen LogP contribution in [0.15, 0.2) is 48.6 Å². The van der Waals surface area contributed by atoms with Gasteiger partial charge in [-0.2, -0.15) is 10.2 Å². The van der Waals surface area contributed by atoms with Gasteiger partial charge in [0.05, 0.1) is 29.0 Å². The Morgan fingerprint density at radius 3 is 1.92 bits per heavy atom. The molecule has 6 rings (SSSR count). The SMILES string of the molecule is CCn1nc(C)cc1C(=O)Nc1nc2cc(C(N)=O)cc(O)c2n1C/C=C/Cn1c(NC(=O)c2cc(C)nn2CC)nc2cc(C=O)cc(OCCCN(C)C(=O)CCN)c21. The minimum Gasteiger partial charge on any atom is -0.506 e. The van der Waals surface area contributed by atoms with E-state index >= 15 is 0 Å². The van der Waals surface area contributed by atoms with E-state index in [1.807, 2.05) is 13.8 Å². The molecule has 0 fully saturated rings. The zero-order valence-corrected chi connectivity index (χ0v) is 34.6. The second-order valence-corrected chi connectivity index (χ2v) is 14.2. The highest BCUT2D eigenvalue weighted by atomic mass is 16.5. The first-order valence-corrected chi connectivity index (χ1v) is 19.7. The van der Waals surface area contributed by atoms with Crippen LogP contribution in [0, 0.1) is 13.8 Å². The summed E-state index contributed by atoms with van der Waals surface area (Å²) in [6.45, 7) is 9.24. The van der Waals surface area contributed by atoms with E-state index in [4.69, 9.17) is 21.2 Å². The number of nitrogens with one attached hydrogen (secondary N) is 2. The van der Waals surface area contributed by atoms with Crippen molar-refractivity contribution in [3.8, 4) is 11.5 Å². The number of nitrogens with two attached hydrogens (primary N) is 2. The minimum atomic E-state index is -0.766. The number of allylic oxidation sites excluding steroid dienone is 2. The van der Waals surface area contributed by atoms with E-state index in [0.29, 0.717) is 77.5 Å². The summed E-state index contributed by atoms with van der Waals surface area (Å²) in [4.78, 5) is 74.5. The normalized spacial score (nSPS) is 11.4. The number of aldehydes is 1. The number of phenolic OH excluding ortho intramolecular Hbond substituents is 1. The van der Waals surface area contributed by atoms with Crippen LogP contribution in [0.4, 0.5) is 11.9 Å². The lowest BCUT2D eigenvalue weighted by Crippen LogP contribution is -2.30. The molecule has 4 amide bonds. The molecule has 4 aromatic heterocycles. The van der Waals surface area contributed by atoms with E-state index in [2.05, 4.69) is 25.8 Å². The first-order chi connectivity index (χ1) is 29.3. The van der Waals surface area contributed by atoms with Crippen molar-refractivity contribution in [1.82, 2.24) is 43.6 Å². The number of imidazole rings is 2. The Hall–Kier alpha value is -7.35. The fraction of sp³-hybridized carbons (Fsp3) is 0.341. The molecule has 7 N–H and O–H groups in total. The average Bonchev–Trinajstić information content (AvgIpc) is 4.00. The number of carbonyl (C=O) groups is 5. The van der Waals surface area contributed by atoms with Crippen molar-refractivity contribution >= 4 is 63.9 Å². The summed E-state index contributed by atoms with van der Waals surface area (Å²) in [7, 11) is 1.69. The van der Waals surface area contributed by atoms with Gasteiger partial charge in [0.25, 0.3) is 11.8 Å². The number of hydrogen-bond donors (Lipinski definition) is 5. The molecule has 0 radical (unpaired) electrons. The number of fused-ring (bicyclic) bond motifs is 2. The molecule has 0 aliphatic carbocycles. The number of rotatable bonds is 19. The summed E-state index contributed by atoms with van der Waals surface area (Å²) in [6, 6.07) is 9.16. The van der Waals surface area contributed by atoms with Crippen LogP contribution in [0.25, 0.3) is 22.1 Å². The number of amides is 4. The van der Waals surface area contributed by atoms with E-state index in [1.54, 1.807) is 80.7 Å². The van der Waals surface area contributed by atoms with Crippen LogP contribution >= 0.6 is 0 Å². The molecule has 4 heterocycles.